The molecule has 0 saturated carbocycles. The normalized spacial score (nSPS) is 7.27. The maximum Gasteiger partial charge on any atom is 2.00 e. The van der Waals surface area contributed by atoms with Gasteiger partial charge >= 0.3 is 22.4 Å². The minimum atomic E-state index is 0. The molecule has 0 unspecified atom stereocenters. The van der Waals surface area contributed by atoms with E-state index in [4.69, 9.17) is 0 Å². The van der Waals surface area contributed by atoms with E-state index in [1.165, 1.54) is 0 Å². The summed E-state index contributed by atoms with van der Waals surface area (Å²) in [7, 11) is 0. The molecule has 2 rings (SSSR count). The zero-order valence-corrected chi connectivity index (χ0v) is 8.42. The van der Waals surface area contributed by atoms with Crippen molar-refractivity contribution in [3.63, 3.8) is 0 Å². The molecule has 0 spiro atoms. The van der Waals surface area contributed by atoms with E-state index in [0.717, 1.165) is 0 Å². The van der Waals surface area contributed by atoms with E-state index in [0.29, 0.717) is 0 Å². The zero-order chi connectivity index (χ0) is 7.07. The van der Waals surface area contributed by atoms with Crippen LogP contribution in [0, 0.1) is 0 Å². The number of hydrogen-bond donors (Lipinski definition) is 0. The summed E-state index contributed by atoms with van der Waals surface area (Å²) < 4.78 is 0. The van der Waals surface area contributed by atoms with Crippen LogP contribution in [-0.2, 0) is 22.4 Å². The Morgan fingerprint density at radius 2 is 0.818 bits per heavy atom. The Balaban J connectivity index is 0.000000167. The summed E-state index contributed by atoms with van der Waals surface area (Å²) in [5, 5.41) is 0. The van der Waals surface area contributed by atoms with Gasteiger partial charge in [0.2, 0.25) is 0 Å². The third kappa shape index (κ3) is 5.86. The van der Waals surface area contributed by atoms with Crippen molar-refractivity contribution < 1.29 is 22.4 Å². The van der Waals surface area contributed by atoms with Gasteiger partial charge in [-0.1, -0.05) is 0 Å². The van der Waals surface area contributed by atoms with Crippen molar-refractivity contribution in [3.05, 3.63) is 60.7 Å². The van der Waals surface area contributed by atoms with Crippen LogP contribution in [0.25, 0.3) is 0 Å². The molecule has 0 saturated heterocycles. The van der Waals surface area contributed by atoms with Crippen LogP contribution in [-0.4, -0.2) is 0 Å². The average molecular weight is 223 g/mol. The molecule has 1 heteroatoms. The Morgan fingerprint density at radius 3 is 0.909 bits per heavy atom. The maximum absolute atomic E-state index is 2.00. The minimum absolute atomic E-state index is 0. The van der Waals surface area contributed by atoms with Crippen LogP contribution in [0.2, 0.25) is 0 Å². The molecular formula is C10H10Nb. The maximum atomic E-state index is 2.00. The molecule has 0 aliphatic rings. The molecule has 0 fully saturated rings. The van der Waals surface area contributed by atoms with Crippen molar-refractivity contribution >= 4 is 0 Å². The third-order valence-corrected chi connectivity index (χ3v) is 1.11. The Morgan fingerprint density at radius 1 is 0.545 bits per heavy atom. The summed E-state index contributed by atoms with van der Waals surface area (Å²) in [6.45, 7) is 0. The van der Waals surface area contributed by atoms with Gasteiger partial charge in [-0.3, -0.25) is 0 Å². The first-order valence-corrected chi connectivity index (χ1v) is 3.33. The smallest absolute Gasteiger partial charge is 0.214 e. The molecule has 0 heterocycles. The first-order valence-electron chi connectivity index (χ1n) is 3.33. The molecular weight excluding hydrogens is 213 g/mol. The SMILES string of the molecule is [Nb+2].c1cc[cH-]c1.c1cc[cH-]c1. The molecule has 55 valence electrons. The first kappa shape index (κ1) is 10.4. The average Bonchev–Trinajstić information content (AvgIpc) is 2.67. The molecule has 1 radical (unpaired) electrons. The minimum Gasteiger partial charge on any atom is -0.214 e. The van der Waals surface area contributed by atoms with Crippen LogP contribution < -0.4 is 0 Å². The fraction of sp³-hybridized carbons (Fsp3) is 0. The van der Waals surface area contributed by atoms with Crippen LogP contribution in [0.1, 0.15) is 0 Å². The molecule has 0 nitrogen and oxygen atoms in total. The molecule has 2 aromatic carbocycles. The molecule has 11 heavy (non-hydrogen) atoms. The summed E-state index contributed by atoms with van der Waals surface area (Å²) in [6, 6.07) is 20.0. The molecule has 0 atom stereocenters. The van der Waals surface area contributed by atoms with Gasteiger partial charge in [0.1, 0.15) is 0 Å². The van der Waals surface area contributed by atoms with Crippen LogP contribution in [0.4, 0.5) is 0 Å². The largest absolute Gasteiger partial charge is 2.00 e. The van der Waals surface area contributed by atoms with Crippen molar-refractivity contribution in [1.82, 2.24) is 0 Å². The monoisotopic (exact) mass is 223 g/mol. The number of hydrogen-bond acceptors (Lipinski definition) is 0. The van der Waals surface area contributed by atoms with Crippen LogP contribution in [0.15, 0.2) is 60.7 Å². The van der Waals surface area contributed by atoms with E-state index in [9.17, 15) is 0 Å². The van der Waals surface area contributed by atoms with Crippen molar-refractivity contribution in [3.8, 4) is 0 Å². The van der Waals surface area contributed by atoms with Gasteiger partial charge in [0.15, 0.2) is 0 Å². The second-order valence-electron chi connectivity index (χ2n) is 1.92. The summed E-state index contributed by atoms with van der Waals surface area (Å²) in [5.74, 6) is 0. The Labute approximate surface area is 83.1 Å². The van der Waals surface area contributed by atoms with Crippen molar-refractivity contribution in [2.45, 2.75) is 0 Å². The Hall–Kier alpha value is -0.560. The van der Waals surface area contributed by atoms with Crippen molar-refractivity contribution in [1.29, 1.82) is 0 Å². The molecule has 0 amide bonds. The fourth-order valence-electron chi connectivity index (χ4n) is 0.642. The predicted molar refractivity (Wildman–Crippen MR) is 44.1 cm³/mol. The molecule has 0 aromatic heterocycles. The third-order valence-electron chi connectivity index (χ3n) is 1.11. The van der Waals surface area contributed by atoms with Gasteiger partial charge in [-0.05, 0) is 0 Å². The summed E-state index contributed by atoms with van der Waals surface area (Å²) in [4.78, 5) is 0. The zero-order valence-electron chi connectivity index (χ0n) is 6.22. The van der Waals surface area contributed by atoms with Gasteiger partial charge in [-0.25, -0.2) is 24.3 Å². The van der Waals surface area contributed by atoms with Gasteiger partial charge < -0.3 is 0 Å². The molecule has 0 aliphatic carbocycles. The Bertz CT molecular complexity index is 144. The molecule has 0 N–H and O–H groups in total. The van der Waals surface area contributed by atoms with Gasteiger partial charge in [0.05, 0.1) is 0 Å². The van der Waals surface area contributed by atoms with Crippen LogP contribution in [0.3, 0.4) is 0 Å². The predicted octanol–water partition coefficient (Wildman–Crippen LogP) is 2.81. The van der Waals surface area contributed by atoms with E-state index in [1.54, 1.807) is 0 Å². The fourth-order valence-corrected chi connectivity index (χ4v) is 0.642. The van der Waals surface area contributed by atoms with E-state index in [1.807, 2.05) is 60.7 Å². The van der Waals surface area contributed by atoms with E-state index in [2.05, 4.69) is 0 Å². The van der Waals surface area contributed by atoms with Gasteiger partial charge in [0, 0.05) is 0 Å². The van der Waals surface area contributed by atoms with Crippen molar-refractivity contribution in [2.75, 3.05) is 0 Å². The van der Waals surface area contributed by atoms with Gasteiger partial charge in [0.25, 0.3) is 0 Å². The Kier molecular flexibility index (Phi) is 7.16. The second kappa shape index (κ2) is 7.55. The van der Waals surface area contributed by atoms with Crippen LogP contribution in [0.5, 0.6) is 0 Å². The molecule has 0 bridgehead atoms. The summed E-state index contributed by atoms with van der Waals surface area (Å²) in [5.41, 5.74) is 0. The van der Waals surface area contributed by atoms with Crippen LogP contribution >= 0.6 is 0 Å². The van der Waals surface area contributed by atoms with Gasteiger partial charge in [-0.2, -0.15) is 36.4 Å². The quantitative estimate of drug-likeness (QED) is 0.476. The van der Waals surface area contributed by atoms with Crippen molar-refractivity contribution in [2.24, 2.45) is 0 Å². The molecule has 2 aromatic rings. The second-order valence-corrected chi connectivity index (χ2v) is 1.92. The summed E-state index contributed by atoms with van der Waals surface area (Å²) in [6.07, 6.45) is 0. The van der Waals surface area contributed by atoms with E-state index < -0.39 is 0 Å². The standard InChI is InChI=1S/2C5H5.Nb/c2*1-2-4-5-3-1;/h2*1-5H;/q2*-1;+2. The van der Waals surface area contributed by atoms with E-state index >= 15 is 0 Å². The number of rotatable bonds is 0. The first-order chi connectivity index (χ1) is 5.00. The van der Waals surface area contributed by atoms with Gasteiger partial charge in [-0.15, -0.1) is 0 Å². The topological polar surface area (TPSA) is 0 Å². The molecule has 0 aliphatic heterocycles. The summed E-state index contributed by atoms with van der Waals surface area (Å²) >= 11 is 0. The van der Waals surface area contributed by atoms with E-state index in [-0.39, 0.29) is 22.4 Å².